The lowest BCUT2D eigenvalue weighted by molar-refractivity contribution is -0.0200. The summed E-state index contributed by atoms with van der Waals surface area (Å²) in [4.78, 5) is 0. The third-order valence-electron chi connectivity index (χ3n) is 7.40. The van der Waals surface area contributed by atoms with Gasteiger partial charge in [0.1, 0.15) is 0 Å². The van der Waals surface area contributed by atoms with E-state index in [0.29, 0.717) is 17.4 Å². The highest BCUT2D eigenvalue weighted by molar-refractivity contribution is 6.69. The van der Waals surface area contributed by atoms with E-state index in [1.807, 2.05) is 13.0 Å². The third kappa shape index (κ3) is 4.25. The Hall–Kier alpha value is -0.123. The van der Waals surface area contributed by atoms with Crippen LogP contribution in [0.5, 0.6) is 0 Å². The lowest BCUT2D eigenvalue weighted by Crippen LogP contribution is -2.46. The SMILES string of the molecule is C[C@H](C[C@@H]1C=C[C@@](C)(O)C1)[C@H]1CCC2C(O[Si](C)(C)C)CCC[C@]21C. The number of fused-ring (bicyclic) bond motifs is 1. The molecular weight excluding hydrogens is 324 g/mol. The Morgan fingerprint density at radius 3 is 2.52 bits per heavy atom. The molecule has 0 aromatic carbocycles. The maximum atomic E-state index is 10.2. The molecule has 3 rings (SSSR count). The lowest BCUT2D eigenvalue weighted by Gasteiger charge is -2.48. The number of rotatable bonds is 5. The monoisotopic (exact) mass is 364 g/mol. The van der Waals surface area contributed by atoms with Crippen LogP contribution in [0.15, 0.2) is 12.2 Å². The van der Waals surface area contributed by atoms with Gasteiger partial charge in [-0.15, -0.1) is 0 Å². The van der Waals surface area contributed by atoms with Crippen LogP contribution in [-0.4, -0.2) is 25.1 Å². The standard InChI is InChI=1S/C22H40O2Si/c1-16(14-17-11-13-21(2,23)15-17)18-9-10-19-20(24-25(4,5)6)8-7-12-22(18,19)3/h11,13,16-20,23H,7-10,12,14-15H2,1-6H3/t16-,17+,18-,19?,20?,21-,22+/m1/s1. The third-order valence-corrected chi connectivity index (χ3v) is 8.41. The van der Waals surface area contributed by atoms with Crippen LogP contribution < -0.4 is 0 Å². The molecule has 2 nitrogen and oxygen atoms in total. The van der Waals surface area contributed by atoms with Gasteiger partial charge in [-0.3, -0.25) is 0 Å². The van der Waals surface area contributed by atoms with Gasteiger partial charge in [0.25, 0.3) is 0 Å². The average molecular weight is 365 g/mol. The molecule has 144 valence electrons. The molecule has 2 fully saturated rings. The van der Waals surface area contributed by atoms with E-state index >= 15 is 0 Å². The van der Waals surface area contributed by atoms with Crippen molar-refractivity contribution in [3.05, 3.63) is 12.2 Å². The Kier molecular flexibility index (Phi) is 5.34. The van der Waals surface area contributed by atoms with Crippen molar-refractivity contribution in [3.8, 4) is 0 Å². The normalized spacial score (nSPS) is 45.6. The molecule has 25 heavy (non-hydrogen) atoms. The Morgan fingerprint density at radius 1 is 1.20 bits per heavy atom. The van der Waals surface area contributed by atoms with Crippen LogP contribution >= 0.6 is 0 Å². The second-order valence-electron chi connectivity index (χ2n) is 10.9. The average Bonchev–Trinajstić information content (AvgIpc) is 2.97. The van der Waals surface area contributed by atoms with E-state index in [2.05, 4.69) is 39.6 Å². The van der Waals surface area contributed by atoms with E-state index in [1.165, 1.54) is 38.5 Å². The summed E-state index contributed by atoms with van der Waals surface area (Å²) in [6.45, 7) is 14.0. The Labute approximate surface area is 156 Å². The van der Waals surface area contributed by atoms with Gasteiger partial charge >= 0.3 is 0 Å². The Bertz CT molecular complexity index is 507. The Balaban J connectivity index is 1.66. The quantitative estimate of drug-likeness (QED) is 0.495. The van der Waals surface area contributed by atoms with Crippen molar-refractivity contribution in [2.75, 3.05) is 0 Å². The molecule has 0 aromatic heterocycles. The summed E-state index contributed by atoms with van der Waals surface area (Å²) in [7, 11) is -1.47. The molecule has 2 unspecified atom stereocenters. The van der Waals surface area contributed by atoms with Gasteiger partial charge in [-0.2, -0.15) is 0 Å². The second kappa shape index (κ2) is 6.80. The molecule has 0 aromatic rings. The summed E-state index contributed by atoms with van der Waals surface area (Å²) >= 11 is 0. The molecule has 1 N–H and O–H groups in total. The van der Waals surface area contributed by atoms with Crippen LogP contribution in [0.25, 0.3) is 0 Å². The van der Waals surface area contributed by atoms with Crippen molar-refractivity contribution in [1.29, 1.82) is 0 Å². The molecule has 0 bridgehead atoms. The zero-order valence-corrected chi connectivity index (χ0v) is 18.3. The molecule has 0 spiro atoms. The van der Waals surface area contributed by atoms with Crippen LogP contribution in [-0.2, 0) is 4.43 Å². The molecule has 7 atom stereocenters. The second-order valence-corrected chi connectivity index (χ2v) is 15.3. The molecule has 3 heteroatoms. The summed E-state index contributed by atoms with van der Waals surface area (Å²) in [6.07, 6.45) is 13.7. The minimum absolute atomic E-state index is 0.465. The van der Waals surface area contributed by atoms with Gasteiger partial charge in [0.05, 0.1) is 5.60 Å². The van der Waals surface area contributed by atoms with Crippen molar-refractivity contribution >= 4 is 8.32 Å². The van der Waals surface area contributed by atoms with Crippen LogP contribution in [0.4, 0.5) is 0 Å². The zero-order chi connectivity index (χ0) is 18.5. The fourth-order valence-corrected chi connectivity index (χ4v) is 7.69. The highest BCUT2D eigenvalue weighted by atomic mass is 28.4. The summed E-state index contributed by atoms with van der Waals surface area (Å²) in [5.41, 5.74) is -0.111. The smallest absolute Gasteiger partial charge is 0.184 e. The maximum Gasteiger partial charge on any atom is 0.184 e. The predicted octanol–water partition coefficient (Wildman–Crippen LogP) is 5.78. The molecular formula is C22H40O2Si. The molecule has 0 saturated heterocycles. The van der Waals surface area contributed by atoms with E-state index < -0.39 is 13.9 Å². The van der Waals surface area contributed by atoms with Crippen molar-refractivity contribution in [2.45, 2.75) is 97.1 Å². The van der Waals surface area contributed by atoms with E-state index in [9.17, 15) is 5.11 Å². The fraction of sp³-hybridized carbons (Fsp3) is 0.909. The van der Waals surface area contributed by atoms with Crippen LogP contribution in [0.3, 0.4) is 0 Å². The van der Waals surface area contributed by atoms with E-state index in [-0.39, 0.29) is 0 Å². The Morgan fingerprint density at radius 2 is 1.92 bits per heavy atom. The van der Waals surface area contributed by atoms with Gasteiger partial charge in [-0.05, 0) is 94.2 Å². The number of aliphatic hydroxyl groups is 1. The van der Waals surface area contributed by atoms with Gasteiger partial charge in [-0.1, -0.05) is 32.4 Å². The minimum Gasteiger partial charge on any atom is -0.414 e. The summed E-state index contributed by atoms with van der Waals surface area (Å²) < 4.78 is 6.64. The lowest BCUT2D eigenvalue weighted by atomic mass is 9.61. The maximum absolute atomic E-state index is 10.2. The van der Waals surface area contributed by atoms with Crippen molar-refractivity contribution in [1.82, 2.24) is 0 Å². The predicted molar refractivity (Wildman–Crippen MR) is 108 cm³/mol. The van der Waals surface area contributed by atoms with Gasteiger partial charge in [-0.25, -0.2) is 0 Å². The van der Waals surface area contributed by atoms with E-state index in [4.69, 9.17) is 4.43 Å². The first-order valence-corrected chi connectivity index (χ1v) is 14.0. The number of hydrogen-bond acceptors (Lipinski definition) is 2. The van der Waals surface area contributed by atoms with Crippen LogP contribution in [0.1, 0.15) is 65.7 Å². The summed E-state index contributed by atoms with van der Waals surface area (Å²) in [6, 6.07) is 0. The minimum atomic E-state index is -1.47. The van der Waals surface area contributed by atoms with Crippen molar-refractivity contribution in [3.63, 3.8) is 0 Å². The van der Waals surface area contributed by atoms with Crippen molar-refractivity contribution < 1.29 is 9.53 Å². The van der Waals surface area contributed by atoms with Gasteiger partial charge < -0.3 is 9.53 Å². The van der Waals surface area contributed by atoms with Crippen LogP contribution in [0, 0.1) is 29.1 Å². The fourth-order valence-electron chi connectivity index (χ4n) is 6.50. The van der Waals surface area contributed by atoms with Crippen molar-refractivity contribution in [2.24, 2.45) is 29.1 Å². The summed E-state index contributed by atoms with van der Waals surface area (Å²) in [5, 5.41) is 10.2. The first kappa shape index (κ1) is 19.6. The highest BCUT2D eigenvalue weighted by Gasteiger charge is 2.53. The first-order valence-electron chi connectivity index (χ1n) is 10.6. The van der Waals surface area contributed by atoms with Gasteiger partial charge in [0.15, 0.2) is 8.32 Å². The zero-order valence-electron chi connectivity index (χ0n) is 17.3. The molecule has 3 aliphatic rings. The molecule has 3 aliphatic carbocycles. The van der Waals surface area contributed by atoms with E-state index in [1.54, 1.807) is 0 Å². The molecule has 0 aliphatic heterocycles. The first-order chi connectivity index (χ1) is 11.5. The topological polar surface area (TPSA) is 29.5 Å². The largest absolute Gasteiger partial charge is 0.414 e. The molecule has 0 heterocycles. The van der Waals surface area contributed by atoms with Gasteiger partial charge in [0.2, 0.25) is 0 Å². The van der Waals surface area contributed by atoms with Gasteiger partial charge in [0, 0.05) is 6.10 Å². The van der Waals surface area contributed by atoms with E-state index in [0.717, 1.165) is 24.2 Å². The number of allylic oxidation sites excluding steroid dienone is 1. The highest BCUT2D eigenvalue weighted by Crippen LogP contribution is 2.59. The number of hydrogen-bond donors (Lipinski definition) is 1. The molecule has 0 amide bonds. The van der Waals surface area contributed by atoms with Crippen LogP contribution in [0.2, 0.25) is 19.6 Å². The molecule has 0 radical (unpaired) electrons. The molecule has 2 saturated carbocycles. The summed E-state index contributed by atoms with van der Waals surface area (Å²) in [5.74, 6) is 2.89.